The van der Waals surface area contributed by atoms with Crippen molar-refractivity contribution in [2.24, 2.45) is 0 Å². The van der Waals surface area contributed by atoms with Crippen molar-refractivity contribution >= 4 is 30.0 Å². The van der Waals surface area contributed by atoms with E-state index in [2.05, 4.69) is 25.3 Å². The average Bonchev–Trinajstić information content (AvgIpc) is 2.49. The summed E-state index contributed by atoms with van der Waals surface area (Å²) in [6.45, 7) is 17.5. The second-order valence-corrected chi connectivity index (χ2v) is 16.7. The number of ether oxygens (including phenoxy) is 1. The van der Waals surface area contributed by atoms with Crippen LogP contribution in [0, 0.1) is 0 Å². The van der Waals surface area contributed by atoms with Gasteiger partial charge >= 0.3 is 47.9 Å². The Morgan fingerprint density at radius 2 is 1.23 bits per heavy atom. The van der Waals surface area contributed by atoms with E-state index in [0.717, 1.165) is 0 Å². The van der Waals surface area contributed by atoms with E-state index in [1.165, 1.54) is 0 Å². The van der Waals surface area contributed by atoms with Gasteiger partial charge in [-0.2, -0.15) is 0 Å². The van der Waals surface area contributed by atoms with Crippen LogP contribution in [0.15, 0.2) is 0 Å². The van der Waals surface area contributed by atoms with Crippen LogP contribution in [0.4, 0.5) is 30.0 Å². The summed E-state index contributed by atoms with van der Waals surface area (Å²) in [4.78, 5) is 12.3. The van der Waals surface area contributed by atoms with Gasteiger partial charge in [0.1, 0.15) is 5.67 Å². The molecule has 0 aromatic rings. The minimum atomic E-state index is -10.7. The zero-order valence-electron chi connectivity index (χ0n) is 18.7. The molecule has 1 N–H and O–H groups in total. The third-order valence-electron chi connectivity index (χ3n) is 3.53. The zero-order valence-corrected chi connectivity index (χ0v) is 21.5. The van der Waals surface area contributed by atoms with E-state index in [1.807, 2.05) is 34.6 Å². The van der Waals surface area contributed by atoms with Gasteiger partial charge in [0.2, 0.25) is 5.85 Å². The van der Waals surface area contributed by atoms with Crippen LogP contribution in [0.5, 0.6) is 0 Å². The topological polar surface area (TPSA) is 66.0 Å². The molecule has 0 rings (SSSR count). The molecule has 0 aromatic carbocycles. The Hall–Kier alpha value is -0.193. The molecule has 0 radical (unpaired) electrons. The summed E-state index contributed by atoms with van der Waals surface area (Å²) in [6, 6.07) is 0. The van der Waals surface area contributed by atoms with Crippen molar-refractivity contribution in [1.82, 2.24) is 5.32 Å². The molecule has 0 saturated carbocycles. The summed E-state index contributed by atoms with van der Waals surface area (Å²) in [5.74, 6) is -0.0950. The molecule has 0 aromatic heterocycles. The predicted molar refractivity (Wildman–Crippen MR) is 112 cm³/mol. The number of halogens is 6. The van der Waals surface area contributed by atoms with Gasteiger partial charge in [0.15, 0.2) is 0 Å². The van der Waals surface area contributed by atoms with Gasteiger partial charge < -0.3 is 23.3 Å². The number of carbonyl (C=O) groups excluding carboxylic acids is 1. The van der Waals surface area contributed by atoms with E-state index in [4.69, 9.17) is 18.0 Å². The molecule has 0 fully saturated rings. The Kier molecular flexibility index (Phi) is 11.8. The minimum absolute atomic E-state index is 0.0950. The van der Waals surface area contributed by atoms with E-state index in [1.54, 1.807) is 0 Å². The summed E-state index contributed by atoms with van der Waals surface area (Å²) < 4.78 is 82.3. The molecular formula is C15H35F6NO5P2Si. The van der Waals surface area contributed by atoms with Gasteiger partial charge in [-0.1, -0.05) is 6.92 Å². The monoisotopic (exact) mass is 513 g/mol. The number of amides is 1. The van der Waals surface area contributed by atoms with Gasteiger partial charge in [0, 0.05) is 34.0 Å². The molecule has 0 aliphatic heterocycles. The first-order valence-corrected chi connectivity index (χ1v) is 16.4. The van der Waals surface area contributed by atoms with Crippen molar-refractivity contribution in [1.29, 1.82) is 0 Å². The Morgan fingerprint density at radius 1 is 0.900 bits per heavy atom. The fourth-order valence-electron chi connectivity index (χ4n) is 1.96. The first kappa shape index (κ1) is 32.0. The van der Waals surface area contributed by atoms with Gasteiger partial charge in [-0.3, -0.25) is 0 Å². The van der Waals surface area contributed by atoms with Gasteiger partial charge in [-0.15, -0.1) is 0 Å². The first-order valence-electron chi connectivity index (χ1n) is 9.38. The van der Waals surface area contributed by atoms with Crippen molar-refractivity contribution in [3.05, 3.63) is 0 Å². The van der Waals surface area contributed by atoms with Gasteiger partial charge in [-0.05, 0) is 27.2 Å². The van der Waals surface area contributed by atoms with Crippen LogP contribution in [0.25, 0.3) is 0 Å². The molecule has 0 bridgehead atoms. The third kappa shape index (κ3) is 17.5. The SMILES string of the molecule is CCO[Si](OCC)(OCC)C(CC)NC(=O)OC(C)[P+](C)(C)C.F[P-](F)(F)(F)(F)F. The molecule has 0 heterocycles. The van der Waals surface area contributed by atoms with Crippen LogP contribution in [-0.4, -0.2) is 66.2 Å². The van der Waals surface area contributed by atoms with E-state index >= 15 is 0 Å². The van der Waals surface area contributed by atoms with Crippen LogP contribution in [0.2, 0.25) is 0 Å². The Balaban J connectivity index is 0. The quantitative estimate of drug-likeness (QED) is 0.189. The fraction of sp³-hybridized carbons (Fsp3) is 0.933. The van der Waals surface area contributed by atoms with Crippen molar-refractivity contribution in [3.63, 3.8) is 0 Å². The Morgan fingerprint density at radius 3 is 1.47 bits per heavy atom. The fourth-order valence-corrected chi connectivity index (χ4v) is 5.23. The van der Waals surface area contributed by atoms with Crippen molar-refractivity contribution in [3.8, 4) is 0 Å². The zero-order chi connectivity index (χ0) is 24.5. The molecule has 2 unspecified atom stereocenters. The molecule has 1 amide bonds. The Labute approximate surface area is 176 Å². The van der Waals surface area contributed by atoms with Crippen molar-refractivity contribution in [2.75, 3.05) is 39.8 Å². The molecule has 186 valence electrons. The second kappa shape index (κ2) is 11.1. The van der Waals surface area contributed by atoms with Crippen LogP contribution in [-0.2, 0) is 18.0 Å². The van der Waals surface area contributed by atoms with Gasteiger partial charge in [0.25, 0.3) is 0 Å². The summed E-state index contributed by atoms with van der Waals surface area (Å²) in [5.41, 5.74) is -0.319. The average molecular weight is 513 g/mol. The number of nitrogens with one attached hydrogen (secondary N) is 1. The van der Waals surface area contributed by atoms with Gasteiger partial charge in [-0.25, -0.2) is 4.79 Å². The number of hydrogen-bond donors (Lipinski definition) is 1. The van der Waals surface area contributed by atoms with E-state index in [9.17, 15) is 30.0 Å². The van der Waals surface area contributed by atoms with E-state index < -0.39 is 30.0 Å². The predicted octanol–water partition coefficient (Wildman–Crippen LogP) is 6.71. The van der Waals surface area contributed by atoms with Gasteiger partial charge in [0.05, 0.1) is 20.0 Å². The molecule has 0 saturated heterocycles. The molecule has 0 aliphatic carbocycles. The molecule has 15 heteroatoms. The van der Waals surface area contributed by atoms with Crippen molar-refractivity contribution in [2.45, 2.75) is 52.5 Å². The standard InChI is InChI=1S/C15H34NO5PSi.F6P/c1-9-14(16-15(17)21-13(5)22(6,7)8)23(18-10-2,19-11-3)20-12-4;1-7(2,3,4,5)6/h13-14H,9-12H2,1-8H3;/q;-1/p+1. The molecular weight excluding hydrogens is 478 g/mol. The van der Waals surface area contributed by atoms with E-state index in [0.29, 0.717) is 26.2 Å². The molecule has 30 heavy (non-hydrogen) atoms. The summed E-state index contributed by atoms with van der Waals surface area (Å²) in [7, 11) is -14.9. The molecule has 6 nitrogen and oxygen atoms in total. The maximum atomic E-state index is 12.3. The Bertz CT molecular complexity index is 505. The number of alkyl carbamates (subject to hydrolysis) is 1. The molecule has 2 atom stereocenters. The molecule has 0 spiro atoms. The van der Waals surface area contributed by atoms with Crippen molar-refractivity contribution < 1.29 is 48.0 Å². The third-order valence-corrected chi connectivity index (χ3v) is 9.30. The number of carbonyl (C=O) groups is 1. The summed E-state index contributed by atoms with van der Waals surface area (Å²) in [6.07, 6.45) is 0.218. The summed E-state index contributed by atoms with van der Waals surface area (Å²) >= 11 is 0. The maximum absolute atomic E-state index is 12.3. The second-order valence-electron chi connectivity index (χ2n) is 7.09. The van der Waals surface area contributed by atoms with Crippen LogP contribution in [0.3, 0.4) is 0 Å². The van der Waals surface area contributed by atoms with E-state index in [-0.39, 0.29) is 11.5 Å². The van der Waals surface area contributed by atoms with Crippen LogP contribution >= 0.6 is 15.1 Å². The van der Waals surface area contributed by atoms with Crippen LogP contribution < -0.4 is 5.32 Å². The normalized spacial score (nSPS) is 17.0. The molecule has 0 aliphatic rings. The number of hydrogen-bond acceptors (Lipinski definition) is 5. The summed E-state index contributed by atoms with van der Waals surface area (Å²) in [5, 5.41) is 2.91. The first-order chi connectivity index (χ1) is 13.1. The van der Waals surface area contributed by atoms with Crippen LogP contribution in [0.1, 0.15) is 41.0 Å². The number of rotatable bonds is 11.